The van der Waals surface area contributed by atoms with Crippen molar-refractivity contribution < 1.29 is 22.7 Å². The van der Waals surface area contributed by atoms with Crippen molar-refractivity contribution in [1.29, 1.82) is 0 Å². The summed E-state index contributed by atoms with van der Waals surface area (Å²) in [4.78, 5) is 13.1. The van der Waals surface area contributed by atoms with E-state index >= 15 is 0 Å². The summed E-state index contributed by atoms with van der Waals surface area (Å²) in [7, 11) is -0.753. The van der Waals surface area contributed by atoms with Crippen LogP contribution in [-0.2, 0) is 21.2 Å². The maximum Gasteiger partial charge on any atom is 0.244 e. The molecule has 1 N–H and O–H groups in total. The summed E-state index contributed by atoms with van der Waals surface area (Å²) >= 11 is 0. The smallest absolute Gasteiger partial charge is 0.244 e. The summed E-state index contributed by atoms with van der Waals surface area (Å²) in [5.74, 6) is 0.514. The molecular weight excluding hydrogens is 404 g/mol. The van der Waals surface area contributed by atoms with Crippen LogP contribution in [0.3, 0.4) is 0 Å². The lowest BCUT2D eigenvalue weighted by molar-refractivity contribution is -0.122. The van der Waals surface area contributed by atoms with Gasteiger partial charge in [0.15, 0.2) is 11.5 Å². The Balaban J connectivity index is 1.88. The Morgan fingerprint density at radius 3 is 2.50 bits per heavy atom. The Bertz CT molecular complexity index is 1020. The lowest BCUT2D eigenvalue weighted by atomic mass is 9.87. The summed E-state index contributed by atoms with van der Waals surface area (Å²) in [5.41, 5.74) is 2.66. The summed E-state index contributed by atoms with van der Waals surface area (Å²) in [6.07, 6.45) is 3.87. The molecule has 0 saturated heterocycles. The lowest BCUT2D eigenvalue weighted by Crippen LogP contribution is -2.49. The van der Waals surface area contributed by atoms with Crippen LogP contribution < -0.4 is 19.1 Å². The quantitative estimate of drug-likeness (QED) is 0.727. The van der Waals surface area contributed by atoms with Crippen molar-refractivity contribution in [3.63, 3.8) is 0 Å². The summed E-state index contributed by atoms with van der Waals surface area (Å²) in [5, 5.41) is 3.05. The number of carbonyl (C=O) groups is 1. The van der Waals surface area contributed by atoms with E-state index in [1.54, 1.807) is 25.1 Å². The Hall–Kier alpha value is -2.74. The number of sulfonamides is 1. The summed E-state index contributed by atoms with van der Waals surface area (Å²) in [6, 6.07) is 11.8. The van der Waals surface area contributed by atoms with Gasteiger partial charge < -0.3 is 14.8 Å². The maximum absolute atomic E-state index is 13.1. The number of nitrogens with zero attached hydrogens (tertiary/aromatic N) is 1. The zero-order valence-electron chi connectivity index (χ0n) is 17.7. The first-order chi connectivity index (χ1) is 14.3. The second-order valence-corrected chi connectivity index (χ2v) is 9.29. The van der Waals surface area contributed by atoms with Gasteiger partial charge in [-0.3, -0.25) is 9.10 Å². The Kier molecular flexibility index (Phi) is 6.55. The molecule has 0 saturated carbocycles. The van der Waals surface area contributed by atoms with Crippen LogP contribution >= 0.6 is 0 Å². The number of hydrogen-bond donors (Lipinski definition) is 1. The molecule has 7 nitrogen and oxygen atoms in total. The molecule has 2 aromatic rings. The topological polar surface area (TPSA) is 84.9 Å². The second kappa shape index (κ2) is 8.95. The lowest BCUT2D eigenvalue weighted by Gasteiger charge is -2.32. The highest BCUT2D eigenvalue weighted by Crippen LogP contribution is 2.34. The molecule has 3 rings (SSSR count). The van der Waals surface area contributed by atoms with Gasteiger partial charge in [-0.05, 0) is 49.4 Å². The fourth-order valence-corrected chi connectivity index (χ4v) is 5.13. The van der Waals surface area contributed by atoms with Gasteiger partial charge in [-0.1, -0.05) is 24.3 Å². The fourth-order valence-electron chi connectivity index (χ4n) is 3.97. The van der Waals surface area contributed by atoms with Gasteiger partial charge in [-0.2, -0.15) is 0 Å². The molecule has 0 heterocycles. The van der Waals surface area contributed by atoms with Crippen molar-refractivity contribution in [3.05, 3.63) is 53.6 Å². The minimum absolute atomic E-state index is 0.128. The van der Waals surface area contributed by atoms with Gasteiger partial charge in [0.2, 0.25) is 15.9 Å². The van der Waals surface area contributed by atoms with Crippen molar-refractivity contribution in [1.82, 2.24) is 5.32 Å². The third-order valence-electron chi connectivity index (χ3n) is 5.40. The predicted octanol–water partition coefficient (Wildman–Crippen LogP) is 3.05. The minimum Gasteiger partial charge on any atom is -0.493 e. The van der Waals surface area contributed by atoms with Crippen LogP contribution in [0.4, 0.5) is 5.69 Å². The number of benzene rings is 2. The monoisotopic (exact) mass is 432 g/mol. The molecule has 30 heavy (non-hydrogen) atoms. The third-order valence-corrected chi connectivity index (χ3v) is 6.64. The Labute approximate surface area is 178 Å². The van der Waals surface area contributed by atoms with E-state index in [1.165, 1.54) is 19.8 Å². The van der Waals surface area contributed by atoms with E-state index in [1.807, 2.05) is 18.2 Å². The largest absolute Gasteiger partial charge is 0.493 e. The number of amides is 1. The molecule has 0 radical (unpaired) electrons. The normalized spacial score (nSPS) is 16.9. The number of anilines is 1. The first-order valence-electron chi connectivity index (χ1n) is 9.86. The van der Waals surface area contributed by atoms with Gasteiger partial charge in [0.1, 0.15) is 6.04 Å². The average Bonchev–Trinajstić information content (AvgIpc) is 2.72. The molecule has 0 fully saturated rings. The molecule has 0 unspecified atom stereocenters. The standard InChI is InChI=1S/C22H28N2O5S/c1-15(22(25)23-19-11-7-9-16-8-5-6-10-18(16)19)24(30(4,26)27)17-12-13-20(28-2)21(14-17)29-3/h5-6,8,10,12-15,19H,7,9,11H2,1-4H3,(H,23,25)/t15-,19+/m1/s1. The molecule has 162 valence electrons. The highest BCUT2D eigenvalue weighted by Gasteiger charge is 2.32. The van der Waals surface area contributed by atoms with Gasteiger partial charge in [0.05, 0.1) is 32.2 Å². The van der Waals surface area contributed by atoms with Gasteiger partial charge in [0.25, 0.3) is 0 Å². The molecule has 0 spiro atoms. The predicted molar refractivity (Wildman–Crippen MR) is 117 cm³/mol. The van der Waals surface area contributed by atoms with Crippen molar-refractivity contribution in [2.24, 2.45) is 0 Å². The highest BCUT2D eigenvalue weighted by molar-refractivity contribution is 7.92. The van der Waals surface area contributed by atoms with Crippen LogP contribution in [0.25, 0.3) is 0 Å². The Morgan fingerprint density at radius 1 is 1.13 bits per heavy atom. The number of ether oxygens (including phenoxy) is 2. The van der Waals surface area contributed by atoms with Crippen molar-refractivity contribution in [2.75, 3.05) is 24.8 Å². The second-order valence-electron chi connectivity index (χ2n) is 7.43. The van der Waals surface area contributed by atoms with Gasteiger partial charge in [-0.15, -0.1) is 0 Å². The molecule has 2 atom stereocenters. The molecule has 8 heteroatoms. The molecule has 0 aliphatic heterocycles. The van der Waals surface area contributed by atoms with Crippen molar-refractivity contribution >= 4 is 21.6 Å². The van der Waals surface area contributed by atoms with Crippen LogP contribution in [-0.4, -0.2) is 40.8 Å². The number of nitrogens with one attached hydrogen (secondary N) is 1. The van der Waals surface area contributed by atoms with Gasteiger partial charge >= 0.3 is 0 Å². The molecular formula is C22H28N2O5S. The zero-order valence-corrected chi connectivity index (χ0v) is 18.5. The van der Waals surface area contributed by atoms with E-state index in [0.717, 1.165) is 35.4 Å². The van der Waals surface area contributed by atoms with Crippen LogP contribution in [0.15, 0.2) is 42.5 Å². The molecule has 1 aliphatic rings. The summed E-state index contributed by atoms with van der Waals surface area (Å²) in [6.45, 7) is 1.59. The van der Waals surface area contributed by atoms with Crippen LogP contribution in [0.5, 0.6) is 11.5 Å². The number of hydrogen-bond acceptors (Lipinski definition) is 5. The molecule has 2 aromatic carbocycles. The first kappa shape index (κ1) is 22.0. The first-order valence-corrected chi connectivity index (χ1v) is 11.7. The zero-order chi connectivity index (χ0) is 21.9. The molecule has 0 bridgehead atoms. The van der Waals surface area contributed by atoms with Crippen molar-refractivity contribution in [3.8, 4) is 11.5 Å². The van der Waals surface area contributed by atoms with Gasteiger partial charge in [0, 0.05) is 6.07 Å². The molecule has 1 amide bonds. The van der Waals surface area contributed by atoms with E-state index in [2.05, 4.69) is 11.4 Å². The average molecular weight is 433 g/mol. The third kappa shape index (κ3) is 4.53. The van der Waals surface area contributed by atoms with E-state index in [9.17, 15) is 13.2 Å². The fraction of sp³-hybridized carbons (Fsp3) is 0.409. The maximum atomic E-state index is 13.1. The van der Waals surface area contributed by atoms with Crippen molar-refractivity contribution in [2.45, 2.75) is 38.3 Å². The molecule has 1 aliphatic carbocycles. The van der Waals surface area contributed by atoms with Crippen LogP contribution in [0.2, 0.25) is 0 Å². The minimum atomic E-state index is -3.73. The van der Waals surface area contributed by atoms with E-state index in [0.29, 0.717) is 17.2 Å². The summed E-state index contributed by atoms with van der Waals surface area (Å²) < 4.78 is 36.8. The van der Waals surface area contributed by atoms with E-state index < -0.39 is 16.1 Å². The van der Waals surface area contributed by atoms with Crippen LogP contribution in [0.1, 0.15) is 36.9 Å². The number of methoxy groups -OCH3 is 2. The van der Waals surface area contributed by atoms with E-state index in [4.69, 9.17) is 9.47 Å². The Morgan fingerprint density at radius 2 is 1.83 bits per heavy atom. The highest BCUT2D eigenvalue weighted by atomic mass is 32.2. The number of fused-ring (bicyclic) bond motifs is 1. The SMILES string of the molecule is COc1ccc(N([C@H](C)C(=O)N[C@H]2CCCc3ccccc32)S(C)(=O)=O)cc1OC. The van der Waals surface area contributed by atoms with Crippen LogP contribution in [0, 0.1) is 0 Å². The number of aryl methyl sites for hydroxylation is 1. The number of carbonyl (C=O) groups excluding carboxylic acids is 1. The molecule has 0 aromatic heterocycles. The van der Waals surface area contributed by atoms with E-state index in [-0.39, 0.29) is 11.9 Å². The number of rotatable bonds is 7. The van der Waals surface area contributed by atoms with Gasteiger partial charge in [-0.25, -0.2) is 8.42 Å².